The quantitative estimate of drug-likeness (QED) is 0.204. The van der Waals surface area contributed by atoms with Crippen LogP contribution in [-0.2, 0) is 17.9 Å². The molecule has 6 aromatic rings. The average molecular weight is 542 g/mol. The van der Waals surface area contributed by atoms with Crippen molar-refractivity contribution >= 4 is 43.7 Å². The van der Waals surface area contributed by atoms with Gasteiger partial charge < -0.3 is 4.42 Å². The highest BCUT2D eigenvalue weighted by atomic mass is 16.3. The Hall–Kier alpha value is -3.72. The molecule has 3 nitrogen and oxygen atoms in total. The molecule has 0 spiro atoms. The maximum absolute atomic E-state index is 6.83. The lowest BCUT2D eigenvalue weighted by atomic mass is 9.62. The molecule has 0 bridgehead atoms. The van der Waals surface area contributed by atoms with Crippen LogP contribution in [0.15, 0.2) is 59.1 Å². The molecule has 0 amide bonds. The SMILES string of the molecule is Cc1cc2c(oc3nc4c5c(ccc4cc32)C(C)(C)CCC5(C)C)c(-c2c3ccc(C(C)C)cc3cc[n+]2C)c1C. The molecular weight excluding hydrogens is 500 g/mol. The van der Waals surface area contributed by atoms with E-state index >= 15 is 0 Å². The molecule has 3 heterocycles. The summed E-state index contributed by atoms with van der Waals surface area (Å²) in [5.41, 5.74) is 12.0. The average Bonchev–Trinajstić information content (AvgIpc) is 3.27. The highest BCUT2D eigenvalue weighted by Gasteiger charge is 2.39. The van der Waals surface area contributed by atoms with E-state index in [-0.39, 0.29) is 10.8 Å². The molecule has 0 atom stereocenters. The van der Waals surface area contributed by atoms with Crippen molar-refractivity contribution in [1.82, 2.24) is 4.98 Å². The van der Waals surface area contributed by atoms with Crippen LogP contribution >= 0.6 is 0 Å². The maximum Gasteiger partial charge on any atom is 0.227 e. The highest BCUT2D eigenvalue weighted by molar-refractivity contribution is 6.13. The summed E-state index contributed by atoms with van der Waals surface area (Å²) in [6, 6.07) is 18.4. The standard InChI is InChI=1S/C38H41N2O/c1-21(2)24-10-12-27-25(19-24)14-17-40(9)34(27)31-23(4)22(3)18-28-29-20-26-11-13-30-32(33(26)39-36(29)41-35(28)31)38(7,8)16-15-37(30,5)6/h10-14,17-21H,15-16H2,1-9H3/q+1. The monoisotopic (exact) mass is 541 g/mol. The Bertz CT molecular complexity index is 2060. The normalized spacial score (nSPS) is 16.3. The molecule has 3 heteroatoms. The van der Waals surface area contributed by atoms with E-state index < -0.39 is 0 Å². The van der Waals surface area contributed by atoms with Crippen LogP contribution in [0.4, 0.5) is 0 Å². The summed E-state index contributed by atoms with van der Waals surface area (Å²) in [5.74, 6) is 0.487. The molecule has 3 aromatic heterocycles. The Morgan fingerprint density at radius 1 is 0.829 bits per heavy atom. The molecule has 0 aliphatic heterocycles. The van der Waals surface area contributed by atoms with E-state index in [0.717, 1.165) is 39.6 Å². The first kappa shape index (κ1) is 26.2. The molecule has 1 aliphatic carbocycles. The fourth-order valence-corrected chi connectivity index (χ4v) is 7.27. The predicted molar refractivity (Wildman–Crippen MR) is 172 cm³/mol. The smallest absolute Gasteiger partial charge is 0.227 e. The lowest BCUT2D eigenvalue weighted by Crippen LogP contribution is -2.34. The Morgan fingerprint density at radius 2 is 1.59 bits per heavy atom. The summed E-state index contributed by atoms with van der Waals surface area (Å²) in [6.45, 7) is 18.4. The second-order valence-electron chi connectivity index (χ2n) is 14.1. The molecule has 7 rings (SSSR count). The summed E-state index contributed by atoms with van der Waals surface area (Å²) >= 11 is 0. The molecular formula is C38H41N2O+. The van der Waals surface area contributed by atoms with E-state index in [9.17, 15) is 0 Å². The third-order valence-electron chi connectivity index (χ3n) is 10.1. The van der Waals surface area contributed by atoms with Crippen LogP contribution in [0.2, 0.25) is 0 Å². The van der Waals surface area contributed by atoms with Crippen molar-refractivity contribution in [1.29, 1.82) is 0 Å². The number of fused-ring (bicyclic) bond motifs is 7. The van der Waals surface area contributed by atoms with E-state index in [1.165, 1.54) is 56.1 Å². The number of benzene rings is 3. The molecule has 0 unspecified atom stereocenters. The summed E-state index contributed by atoms with van der Waals surface area (Å²) in [5, 5.41) is 5.93. The van der Waals surface area contributed by atoms with Crippen LogP contribution < -0.4 is 4.57 Å². The minimum absolute atomic E-state index is 0.0704. The van der Waals surface area contributed by atoms with Gasteiger partial charge in [0.25, 0.3) is 0 Å². The number of hydrogen-bond acceptors (Lipinski definition) is 2. The zero-order chi connectivity index (χ0) is 29.0. The summed E-state index contributed by atoms with van der Waals surface area (Å²) in [7, 11) is 2.14. The van der Waals surface area contributed by atoms with Gasteiger partial charge in [0.15, 0.2) is 11.8 Å². The largest absolute Gasteiger partial charge is 0.437 e. The van der Waals surface area contributed by atoms with Crippen molar-refractivity contribution in [2.75, 3.05) is 0 Å². The van der Waals surface area contributed by atoms with Gasteiger partial charge in [-0.1, -0.05) is 65.8 Å². The fraction of sp³-hybridized carbons (Fsp3) is 0.368. The molecule has 0 saturated heterocycles. The molecule has 3 aromatic carbocycles. The first-order valence-electron chi connectivity index (χ1n) is 15.1. The Morgan fingerprint density at radius 3 is 2.34 bits per heavy atom. The minimum Gasteiger partial charge on any atom is -0.437 e. The molecule has 208 valence electrons. The van der Waals surface area contributed by atoms with Gasteiger partial charge in [-0.05, 0) is 94.8 Å². The number of hydrogen-bond donors (Lipinski definition) is 0. The summed E-state index contributed by atoms with van der Waals surface area (Å²) < 4.78 is 9.08. The van der Waals surface area contributed by atoms with Gasteiger partial charge in [-0.2, -0.15) is 0 Å². The van der Waals surface area contributed by atoms with Crippen LogP contribution in [-0.4, -0.2) is 4.98 Å². The van der Waals surface area contributed by atoms with E-state index in [2.05, 4.69) is 122 Å². The van der Waals surface area contributed by atoms with Gasteiger partial charge >= 0.3 is 0 Å². The molecule has 0 fully saturated rings. The van der Waals surface area contributed by atoms with Crippen LogP contribution in [0.1, 0.15) is 88.1 Å². The van der Waals surface area contributed by atoms with Crippen LogP contribution in [0.25, 0.3) is 55.0 Å². The number of nitrogens with zero attached hydrogens (tertiary/aromatic N) is 2. The summed E-state index contributed by atoms with van der Waals surface area (Å²) in [4.78, 5) is 5.33. The maximum atomic E-state index is 6.83. The Balaban J connectivity index is 1.57. The van der Waals surface area contributed by atoms with Crippen molar-refractivity contribution in [2.24, 2.45) is 7.05 Å². The first-order valence-corrected chi connectivity index (χ1v) is 15.1. The van der Waals surface area contributed by atoms with Gasteiger partial charge in [0.05, 0.1) is 16.5 Å². The van der Waals surface area contributed by atoms with Crippen molar-refractivity contribution in [3.8, 4) is 11.3 Å². The van der Waals surface area contributed by atoms with Crippen molar-refractivity contribution in [3.63, 3.8) is 0 Å². The van der Waals surface area contributed by atoms with Gasteiger partial charge in [-0.15, -0.1) is 0 Å². The second-order valence-corrected chi connectivity index (χ2v) is 14.1. The Labute approximate surface area is 243 Å². The molecule has 1 aliphatic rings. The molecule has 0 N–H and O–H groups in total. The van der Waals surface area contributed by atoms with Crippen LogP contribution in [0, 0.1) is 13.8 Å². The molecule has 0 radical (unpaired) electrons. The molecule has 0 saturated carbocycles. The van der Waals surface area contributed by atoms with Crippen LogP contribution in [0.5, 0.6) is 0 Å². The number of aryl methyl sites for hydroxylation is 2. The van der Waals surface area contributed by atoms with E-state index in [1.54, 1.807) is 0 Å². The van der Waals surface area contributed by atoms with Gasteiger partial charge in [0.2, 0.25) is 11.4 Å². The predicted octanol–water partition coefficient (Wildman–Crippen LogP) is 9.87. The number of aromatic nitrogens is 2. The third kappa shape index (κ3) is 3.77. The van der Waals surface area contributed by atoms with Crippen LogP contribution in [0.3, 0.4) is 0 Å². The van der Waals surface area contributed by atoms with Crippen molar-refractivity contribution < 1.29 is 8.98 Å². The lowest BCUT2D eigenvalue weighted by molar-refractivity contribution is -0.659. The van der Waals surface area contributed by atoms with Gasteiger partial charge in [0, 0.05) is 22.2 Å². The van der Waals surface area contributed by atoms with E-state index in [1.807, 2.05) is 0 Å². The topological polar surface area (TPSA) is 29.9 Å². The molecule has 41 heavy (non-hydrogen) atoms. The first-order chi connectivity index (χ1) is 19.4. The fourth-order valence-electron chi connectivity index (χ4n) is 7.27. The van der Waals surface area contributed by atoms with Gasteiger partial charge in [0.1, 0.15) is 7.05 Å². The number of rotatable bonds is 2. The zero-order valence-corrected chi connectivity index (χ0v) is 26.0. The van der Waals surface area contributed by atoms with Crippen molar-refractivity contribution in [2.45, 2.75) is 85.0 Å². The minimum atomic E-state index is 0.0704. The Kier molecular flexibility index (Phi) is 5.52. The highest BCUT2D eigenvalue weighted by Crippen LogP contribution is 2.49. The summed E-state index contributed by atoms with van der Waals surface area (Å²) in [6.07, 6.45) is 4.53. The van der Waals surface area contributed by atoms with Gasteiger partial charge in [-0.3, -0.25) is 0 Å². The lowest BCUT2D eigenvalue weighted by Gasteiger charge is -2.42. The van der Waals surface area contributed by atoms with Gasteiger partial charge in [-0.25, -0.2) is 9.55 Å². The second kappa shape index (κ2) is 8.64. The third-order valence-corrected chi connectivity index (χ3v) is 10.1. The number of furan rings is 1. The van der Waals surface area contributed by atoms with E-state index in [4.69, 9.17) is 9.40 Å². The number of pyridine rings is 2. The van der Waals surface area contributed by atoms with Crippen molar-refractivity contribution in [3.05, 3.63) is 82.5 Å². The zero-order valence-electron chi connectivity index (χ0n) is 26.0. The van der Waals surface area contributed by atoms with E-state index in [0.29, 0.717) is 5.92 Å².